The minimum Gasteiger partial charge on any atom is -0.611 e. The summed E-state index contributed by atoms with van der Waals surface area (Å²) in [5, 5.41) is 6.85. The molecule has 156 valence electrons. The largest absolute Gasteiger partial charge is 0.611 e. The molecule has 1 atom stereocenters. The molecule has 1 saturated heterocycles. The quantitative estimate of drug-likeness (QED) is 0.573. The SMILES string of the molecule is CC[S+]([O-])c1ccc(Cl)cc1CNC(=O)c1cc(Br)cc(CN2CCNCC2)c1. The Morgan fingerprint density at radius 3 is 2.76 bits per heavy atom. The zero-order valence-corrected chi connectivity index (χ0v) is 19.5. The van der Waals surface area contributed by atoms with Gasteiger partial charge < -0.3 is 15.2 Å². The second kappa shape index (κ2) is 10.8. The molecule has 2 aromatic carbocycles. The Kier molecular flexibility index (Phi) is 8.41. The van der Waals surface area contributed by atoms with E-state index in [1.807, 2.05) is 19.1 Å². The molecule has 2 N–H and O–H groups in total. The molecule has 0 spiro atoms. The maximum absolute atomic E-state index is 12.8. The Morgan fingerprint density at radius 2 is 2.03 bits per heavy atom. The summed E-state index contributed by atoms with van der Waals surface area (Å²) in [6.45, 7) is 6.94. The van der Waals surface area contributed by atoms with E-state index in [0.29, 0.717) is 21.2 Å². The van der Waals surface area contributed by atoms with Crippen molar-refractivity contribution in [3.05, 3.63) is 62.6 Å². The maximum Gasteiger partial charge on any atom is 0.251 e. The molecule has 0 aliphatic carbocycles. The van der Waals surface area contributed by atoms with Gasteiger partial charge in [0.2, 0.25) is 0 Å². The van der Waals surface area contributed by atoms with Crippen LogP contribution in [0.2, 0.25) is 5.02 Å². The van der Waals surface area contributed by atoms with Gasteiger partial charge in [-0.05, 0) is 60.1 Å². The van der Waals surface area contributed by atoms with Gasteiger partial charge in [-0.15, -0.1) is 0 Å². The van der Waals surface area contributed by atoms with E-state index in [1.54, 1.807) is 18.2 Å². The summed E-state index contributed by atoms with van der Waals surface area (Å²) in [7, 11) is 0. The molecular formula is C21H25BrClN3O2S. The first-order chi connectivity index (χ1) is 14.0. The topological polar surface area (TPSA) is 67.4 Å². The Balaban J connectivity index is 1.70. The first-order valence-corrected chi connectivity index (χ1v) is 12.1. The fraction of sp³-hybridized carbons (Fsp3) is 0.381. The van der Waals surface area contributed by atoms with Crippen LogP contribution < -0.4 is 10.6 Å². The molecule has 1 aliphatic heterocycles. The summed E-state index contributed by atoms with van der Waals surface area (Å²) < 4.78 is 13.2. The van der Waals surface area contributed by atoms with E-state index in [2.05, 4.69) is 37.5 Å². The molecule has 8 heteroatoms. The number of hydrogen-bond acceptors (Lipinski definition) is 4. The summed E-state index contributed by atoms with van der Waals surface area (Å²) >= 11 is 8.52. The lowest BCUT2D eigenvalue weighted by molar-refractivity contribution is 0.0950. The fourth-order valence-electron chi connectivity index (χ4n) is 3.34. The second-order valence-electron chi connectivity index (χ2n) is 6.94. The van der Waals surface area contributed by atoms with Crippen LogP contribution in [0.25, 0.3) is 0 Å². The molecule has 0 bridgehead atoms. The Bertz CT molecular complexity index is 862. The third kappa shape index (κ3) is 6.44. The summed E-state index contributed by atoms with van der Waals surface area (Å²) in [4.78, 5) is 15.9. The average Bonchev–Trinajstić information content (AvgIpc) is 2.72. The van der Waals surface area contributed by atoms with Gasteiger partial charge in [-0.1, -0.05) is 27.5 Å². The molecule has 1 unspecified atom stereocenters. The molecule has 29 heavy (non-hydrogen) atoms. The van der Waals surface area contributed by atoms with Gasteiger partial charge in [0.1, 0.15) is 5.75 Å². The van der Waals surface area contributed by atoms with Crippen molar-refractivity contribution >= 4 is 44.6 Å². The van der Waals surface area contributed by atoms with E-state index in [9.17, 15) is 9.35 Å². The number of nitrogens with zero attached hydrogens (tertiary/aromatic N) is 1. The molecule has 0 aromatic heterocycles. The molecule has 0 radical (unpaired) electrons. The molecule has 0 saturated carbocycles. The van der Waals surface area contributed by atoms with Crippen LogP contribution in [-0.4, -0.2) is 47.3 Å². The third-order valence-corrected chi connectivity index (χ3v) is 6.91. The molecule has 3 rings (SSSR count). The monoisotopic (exact) mass is 497 g/mol. The molecular weight excluding hydrogens is 474 g/mol. The van der Waals surface area contributed by atoms with Crippen molar-refractivity contribution in [1.82, 2.24) is 15.5 Å². The third-order valence-electron chi connectivity index (χ3n) is 4.80. The highest BCUT2D eigenvalue weighted by molar-refractivity contribution is 9.10. The van der Waals surface area contributed by atoms with E-state index in [0.717, 1.165) is 48.3 Å². The van der Waals surface area contributed by atoms with Crippen LogP contribution in [0, 0.1) is 0 Å². The van der Waals surface area contributed by atoms with Crippen molar-refractivity contribution in [2.75, 3.05) is 31.9 Å². The van der Waals surface area contributed by atoms with Gasteiger partial charge in [-0.3, -0.25) is 9.69 Å². The van der Waals surface area contributed by atoms with Gasteiger partial charge in [0.15, 0.2) is 4.90 Å². The number of nitrogens with one attached hydrogen (secondary N) is 2. The minimum atomic E-state index is -1.11. The number of benzene rings is 2. The van der Waals surface area contributed by atoms with Gasteiger partial charge in [0.05, 0.1) is 0 Å². The van der Waals surface area contributed by atoms with Crippen molar-refractivity contribution in [3.63, 3.8) is 0 Å². The standard InChI is InChI=1S/C21H25BrClN3O2S/c1-2-29(28)20-4-3-19(23)12-17(20)13-25-21(27)16-9-15(10-18(22)11-16)14-26-7-5-24-6-8-26/h3-4,9-12,24H,2,5-8,13-14H2,1H3,(H,25,27). The number of rotatable bonds is 7. The van der Waals surface area contributed by atoms with E-state index < -0.39 is 11.2 Å². The van der Waals surface area contributed by atoms with Crippen LogP contribution in [0.3, 0.4) is 0 Å². The fourth-order valence-corrected chi connectivity index (χ4v) is 5.03. The van der Waals surface area contributed by atoms with Crippen LogP contribution in [-0.2, 0) is 24.3 Å². The maximum atomic E-state index is 12.8. The lowest BCUT2D eigenvalue weighted by atomic mass is 10.1. The number of amides is 1. The summed E-state index contributed by atoms with van der Waals surface area (Å²) in [5.41, 5.74) is 2.48. The Morgan fingerprint density at radius 1 is 1.28 bits per heavy atom. The van der Waals surface area contributed by atoms with Crippen LogP contribution in [0.15, 0.2) is 45.8 Å². The number of halogens is 2. The lowest BCUT2D eigenvalue weighted by Crippen LogP contribution is -2.42. The Labute approximate surface area is 188 Å². The molecule has 5 nitrogen and oxygen atoms in total. The molecule has 1 fully saturated rings. The zero-order valence-electron chi connectivity index (χ0n) is 16.3. The zero-order chi connectivity index (χ0) is 20.8. The lowest BCUT2D eigenvalue weighted by Gasteiger charge is -2.27. The predicted octanol–water partition coefficient (Wildman–Crippen LogP) is 3.57. The number of hydrogen-bond donors (Lipinski definition) is 2. The van der Waals surface area contributed by atoms with Crippen LogP contribution in [0.1, 0.15) is 28.4 Å². The van der Waals surface area contributed by atoms with E-state index in [-0.39, 0.29) is 12.5 Å². The highest BCUT2D eigenvalue weighted by Crippen LogP contribution is 2.22. The van der Waals surface area contributed by atoms with Gasteiger partial charge in [-0.25, -0.2) is 0 Å². The average molecular weight is 499 g/mol. The number of carbonyl (C=O) groups is 1. The normalized spacial score (nSPS) is 15.9. The van der Waals surface area contributed by atoms with Crippen molar-refractivity contribution in [2.24, 2.45) is 0 Å². The van der Waals surface area contributed by atoms with Crippen LogP contribution >= 0.6 is 27.5 Å². The van der Waals surface area contributed by atoms with E-state index in [4.69, 9.17) is 11.6 Å². The first-order valence-electron chi connectivity index (χ1n) is 9.64. The van der Waals surface area contributed by atoms with Crippen molar-refractivity contribution in [1.29, 1.82) is 0 Å². The van der Waals surface area contributed by atoms with Gasteiger partial charge >= 0.3 is 0 Å². The van der Waals surface area contributed by atoms with Gasteiger partial charge in [0, 0.05) is 59.9 Å². The van der Waals surface area contributed by atoms with E-state index in [1.165, 1.54) is 0 Å². The number of carbonyl (C=O) groups excluding carboxylic acids is 1. The van der Waals surface area contributed by atoms with Crippen molar-refractivity contribution in [2.45, 2.75) is 24.9 Å². The summed E-state index contributed by atoms with van der Waals surface area (Å²) in [6, 6.07) is 11.1. The predicted molar refractivity (Wildman–Crippen MR) is 122 cm³/mol. The summed E-state index contributed by atoms with van der Waals surface area (Å²) in [6.07, 6.45) is 0. The highest BCUT2D eigenvalue weighted by Gasteiger charge is 2.17. The Hall–Kier alpha value is -1.09. The highest BCUT2D eigenvalue weighted by atomic mass is 79.9. The van der Waals surface area contributed by atoms with Crippen LogP contribution in [0.5, 0.6) is 0 Å². The first kappa shape index (κ1) is 22.6. The van der Waals surface area contributed by atoms with Crippen LogP contribution in [0.4, 0.5) is 0 Å². The van der Waals surface area contributed by atoms with Crippen molar-refractivity contribution in [3.8, 4) is 0 Å². The number of piperazine rings is 1. The second-order valence-corrected chi connectivity index (χ2v) is 10.0. The minimum absolute atomic E-state index is 0.166. The molecule has 1 amide bonds. The van der Waals surface area contributed by atoms with E-state index >= 15 is 0 Å². The summed E-state index contributed by atoms with van der Waals surface area (Å²) in [5.74, 6) is 0.352. The molecule has 1 heterocycles. The smallest absolute Gasteiger partial charge is 0.251 e. The molecule has 1 aliphatic rings. The van der Waals surface area contributed by atoms with Gasteiger partial charge in [-0.2, -0.15) is 0 Å². The molecule has 2 aromatic rings. The van der Waals surface area contributed by atoms with Crippen molar-refractivity contribution < 1.29 is 9.35 Å². The van der Waals surface area contributed by atoms with Gasteiger partial charge in [0.25, 0.3) is 5.91 Å².